The Morgan fingerprint density at radius 2 is 1.91 bits per heavy atom. The average Bonchev–Trinajstić information content (AvgIpc) is 3.16. The van der Waals surface area contributed by atoms with Crippen LogP contribution >= 0.6 is 0 Å². The number of carbonyl (C=O) groups is 3. The van der Waals surface area contributed by atoms with Crippen LogP contribution in [0.5, 0.6) is 0 Å². The lowest BCUT2D eigenvalue weighted by Gasteiger charge is -2.21. The first-order chi connectivity index (χ1) is 11.0. The van der Waals surface area contributed by atoms with E-state index in [1.807, 2.05) is 6.92 Å². The number of amides is 3. The molecule has 0 radical (unpaired) electrons. The third-order valence-electron chi connectivity index (χ3n) is 3.72. The number of likely N-dealkylation sites (tertiary alicyclic amines) is 1. The zero-order valence-corrected chi connectivity index (χ0v) is 13.7. The number of ketones is 1. The zero-order chi connectivity index (χ0) is 17.2. The highest BCUT2D eigenvalue weighted by Crippen LogP contribution is 2.18. The first-order valence-electron chi connectivity index (χ1n) is 8.18. The van der Waals surface area contributed by atoms with Crippen LogP contribution in [0.3, 0.4) is 0 Å². The van der Waals surface area contributed by atoms with Crippen LogP contribution in [0, 0.1) is 0 Å². The standard InChI is InChI=1S/C14H23N3O3.C2H4O.2H2/c1-2-5-11(12(18)13(19)15-10-6-7-10)16-14(20)17-8-3-4-9-17;1-2-3;;/h10-11H,2-9H2,1H3,(H,15,19)(H,16,20);2-3H,1H2;2*1H. The molecule has 7 heteroatoms. The van der Waals surface area contributed by atoms with Crippen molar-refractivity contribution >= 4 is 17.7 Å². The molecule has 2 fully saturated rings. The van der Waals surface area contributed by atoms with Gasteiger partial charge in [-0.25, -0.2) is 4.79 Å². The highest BCUT2D eigenvalue weighted by atomic mass is 16.2. The molecule has 3 N–H and O–H groups in total. The van der Waals surface area contributed by atoms with E-state index >= 15 is 0 Å². The summed E-state index contributed by atoms with van der Waals surface area (Å²) in [6.07, 6.45) is 5.88. The summed E-state index contributed by atoms with van der Waals surface area (Å²) in [5.41, 5.74) is 0. The molecule has 1 heterocycles. The van der Waals surface area contributed by atoms with Crippen LogP contribution in [0.15, 0.2) is 12.8 Å². The molecule has 1 aliphatic heterocycles. The molecule has 0 spiro atoms. The number of nitrogens with zero attached hydrogens (tertiary/aromatic N) is 1. The molecule has 1 unspecified atom stereocenters. The van der Waals surface area contributed by atoms with Gasteiger partial charge in [0.2, 0.25) is 5.78 Å². The smallest absolute Gasteiger partial charge is 0.317 e. The topological polar surface area (TPSA) is 98.7 Å². The van der Waals surface area contributed by atoms with E-state index in [0.29, 0.717) is 6.42 Å². The first kappa shape index (κ1) is 19.0. The number of Topliss-reactive ketones (excluding diaryl/α,β-unsaturated/α-hetero) is 1. The third kappa shape index (κ3) is 6.71. The molecule has 2 rings (SSSR count). The molecule has 0 aromatic rings. The molecule has 1 saturated heterocycles. The van der Waals surface area contributed by atoms with Crippen molar-refractivity contribution in [3.63, 3.8) is 0 Å². The number of hydrogen-bond donors (Lipinski definition) is 3. The first-order valence-corrected chi connectivity index (χ1v) is 8.18. The molecule has 2 aliphatic rings. The van der Waals surface area contributed by atoms with E-state index in [4.69, 9.17) is 5.11 Å². The maximum Gasteiger partial charge on any atom is 0.317 e. The van der Waals surface area contributed by atoms with Gasteiger partial charge in [-0.2, -0.15) is 0 Å². The van der Waals surface area contributed by atoms with Gasteiger partial charge in [-0.15, -0.1) is 0 Å². The minimum atomic E-state index is -0.702. The number of carbonyl (C=O) groups excluding carboxylic acids is 3. The second-order valence-electron chi connectivity index (χ2n) is 5.78. The summed E-state index contributed by atoms with van der Waals surface area (Å²) >= 11 is 0. The van der Waals surface area contributed by atoms with Crippen molar-refractivity contribution in [1.82, 2.24) is 15.5 Å². The second kappa shape index (κ2) is 9.86. The van der Waals surface area contributed by atoms with Crippen molar-refractivity contribution in [3.8, 4) is 0 Å². The Morgan fingerprint density at radius 3 is 2.39 bits per heavy atom. The van der Waals surface area contributed by atoms with Crippen LogP contribution in [0.2, 0.25) is 0 Å². The summed E-state index contributed by atoms with van der Waals surface area (Å²) in [5, 5.41) is 12.7. The number of aliphatic hydroxyl groups is 1. The number of hydrogen-bond acceptors (Lipinski definition) is 4. The van der Waals surface area contributed by atoms with Gasteiger partial charge in [0.15, 0.2) is 0 Å². The van der Waals surface area contributed by atoms with Gasteiger partial charge in [-0.3, -0.25) is 9.59 Å². The van der Waals surface area contributed by atoms with Crippen molar-refractivity contribution in [3.05, 3.63) is 12.8 Å². The largest absolute Gasteiger partial charge is 0.516 e. The lowest BCUT2D eigenvalue weighted by molar-refractivity contribution is -0.139. The normalized spacial score (nSPS) is 17.5. The fourth-order valence-corrected chi connectivity index (χ4v) is 2.36. The monoisotopic (exact) mass is 329 g/mol. The predicted molar refractivity (Wildman–Crippen MR) is 91.3 cm³/mol. The van der Waals surface area contributed by atoms with Gasteiger partial charge < -0.3 is 20.6 Å². The molecule has 1 atom stereocenters. The van der Waals surface area contributed by atoms with Gasteiger partial charge in [0.1, 0.15) is 0 Å². The Morgan fingerprint density at radius 1 is 1.35 bits per heavy atom. The summed E-state index contributed by atoms with van der Waals surface area (Å²) in [6, 6.07) is -0.775. The molecule has 23 heavy (non-hydrogen) atoms. The lowest BCUT2D eigenvalue weighted by atomic mass is 10.1. The van der Waals surface area contributed by atoms with Crippen LogP contribution in [0.4, 0.5) is 4.79 Å². The molecule has 0 aromatic heterocycles. The predicted octanol–water partition coefficient (Wildman–Crippen LogP) is 1.99. The number of urea groups is 1. The fraction of sp³-hybridized carbons (Fsp3) is 0.688. The number of nitrogens with one attached hydrogen (secondary N) is 2. The van der Waals surface area contributed by atoms with E-state index < -0.39 is 17.7 Å². The summed E-state index contributed by atoms with van der Waals surface area (Å²) in [4.78, 5) is 37.6. The Hall–Kier alpha value is -2.05. The molecular weight excluding hydrogens is 298 g/mol. The Labute approximate surface area is 140 Å². The van der Waals surface area contributed by atoms with Crippen LogP contribution < -0.4 is 10.6 Å². The van der Waals surface area contributed by atoms with Crippen LogP contribution in [-0.2, 0) is 9.59 Å². The van der Waals surface area contributed by atoms with Gasteiger partial charge in [0, 0.05) is 22.0 Å². The summed E-state index contributed by atoms with van der Waals surface area (Å²) in [6.45, 7) is 6.31. The zero-order valence-electron chi connectivity index (χ0n) is 13.7. The molecule has 0 aromatic carbocycles. The van der Waals surface area contributed by atoms with E-state index in [2.05, 4.69) is 17.2 Å². The van der Waals surface area contributed by atoms with E-state index in [-0.39, 0.29) is 14.9 Å². The van der Waals surface area contributed by atoms with E-state index in [1.54, 1.807) is 4.90 Å². The average molecular weight is 329 g/mol. The van der Waals surface area contributed by atoms with E-state index in [9.17, 15) is 14.4 Å². The third-order valence-corrected chi connectivity index (χ3v) is 3.72. The van der Waals surface area contributed by atoms with Gasteiger partial charge >= 0.3 is 6.03 Å². The maximum absolute atomic E-state index is 12.1. The minimum absolute atomic E-state index is 0. The SMILES string of the molecule is C=CO.CCCC(NC(=O)N1CCCC1)C(=O)C(=O)NC1CC1.[HH].[HH]. The summed E-state index contributed by atoms with van der Waals surface area (Å²) in [5.74, 6) is -1.08. The highest BCUT2D eigenvalue weighted by Gasteiger charge is 2.32. The quantitative estimate of drug-likeness (QED) is 0.512. The molecular formula is C16H31N3O4. The Balaban J connectivity index is 0. The molecule has 134 valence electrons. The lowest BCUT2D eigenvalue weighted by Crippen LogP contribution is -2.51. The van der Waals surface area contributed by atoms with Crippen molar-refractivity contribution in [2.75, 3.05) is 13.1 Å². The number of aliphatic hydroxyl groups excluding tert-OH is 1. The Kier molecular flexibility index (Phi) is 8.15. The van der Waals surface area contributed by atoms with Crippen LogP contribution in [-0.4, -0.2) is 52.9 Å². The van der Waals surface area contributed by atoms with Crippen LogP contribution in [0.1, 0.15) is 48.3 Å². The fourth-order valence-electron chi connectivity index (χ4n) is 2.36. The van der Waals surface area contributed by atoms with Gasteiger partial charge in [0.25, 0.3) is 5.91 Å². The van der Waals surface area contributed by atoms with Crippen molar-refractivity contribution in [1.29, 1.82) is 0 Å². The van der Waals surface area contributed by atoms with Gasteiger partial charge in [0.05, 0.1) is 12.3 Å². The summed E-state index contributed by atoms with van der Waals surface area (Å²) < 4.78 is 0. The van der Waals surface area contributed by atoms with Crippen molar-refractivity contribution in [2.24, 2.45) is 0 Å². The Bertz CT molecular complexity index is 439. The molecule has 1 saturated carbocycles. The minimum Gasteiger partial charge on any atom is -0.516 e. The highest BCUT2D eigenvalue weighted by molar-refractivity contribution is 6.38. The summed E-state index contributed by atoms with van der Waals surface area (Å²) in [7, 11) is 0. The number of rotatable bonds is 6. The van der Waals surface area contributed by atoms with Crippen molar-refractivity contribution < 1.29 is 22.3 Å². The van der Waals surface area contributed by atoms with E-state index in [0.717, 1.165) is 51.5 Å². The molecule has 7 nitrogen and oxygen atoms in total. The van der Waals surface area contributed by atoms with Gasteiger partial charge in [-0.05, 0) is 32.1 Å². The second-order valence-corrected chi connectivity index (χ2v) is 5.78. The molecule has 1 aliphatic carbocycles. The van der Waals surface area contributed by atoms with Gasteiger partial charge in [-0.1, -0.05) is 19.9 Å². The van der Waals surface area contributed by atoms with Crippen LogP contribution in [0.25, 0.3) is 0 Å². The molecule has 0 bridgehead atoms. The molecule has 3 amide bonds. The maximum atomic E-state index is 12.1. The van der Waals surface area contributed by atoms with E-state index in [1.165, 1.54) is 0 Å². The van der Waals surface area contributed by atoms with Crippen molar-refractivity contribution in [2.45, 2.75) is 57.5 Å².